The second-order valence-electron chi connectivity index (χ2n) is 7.31. The van der Waals surface area contributed by atoms with Crippen molar-refractivity contribution < 1.29 is 27.4 Å². The molecule has 2 aromatic rings. The molecule has 31 heavy (non-hydrogen) atoms. The van der Waals surface area contributed by atoms with Crippen LogP contribution in [-0.2, 0) is 10.3 Å². The van der Waals surface area contributed by atoms with Crippen LogP contribution in [0.4, 0.5) is 18.9 Å². The van der Waals surface area contributed by atoms with Gasteiger partial charge < -0.3 is 20.5 Å². The van der Waals surface area contributed by atoms with Gasteiger partial charge in [0.2, 0.25) is 0 Å². The number of carbonyl (C=O) groups excluding carboxylic acids is 1. The van der Waals surface area contributed by atoms with Crippen LogP contribution in [0.1, 0.15) is 22.5 Å². The number of halogens is 3. The Morgan fingerprint density at radius 2 is 2.23 bits per heavy atom. The first-order chi connectivity index (χ1) is 14.9. The number of anilines is 1. The van der Waals surface area contributed by atoms with E-state index < -0.39 is 23.9 Å². The number of hydrogen-bond donors (Lipinski definition) is 3. The third-order valence-electron chi connectivity index (χ3n) is 5.41. The van der Waals surface area contributed by atoms with Gasteiger partial charge in [-0.2, -0.15) is 8.78 Å². The zero-order valence-corrected chi connectivity index (χ0v) is 17.1. The molecule has 1 aromatic carbocycles. The number of ether oxygens (including phenoxy) is 2. The molecule has 1 amide bonds. The van der Waals surface area contributed by atoms with Crippen LogP contribution in [0.5, 0.6) is 5.75 Å². The predicted octanol–water partition coefficient (Wildman–Crippen LogP) is 2.88. The second-order valence-corrected chi connectivity index (χ2v) is 8.49. The van der Waals surface area contributed by atoms with Gasteiger partial charge in [0, 0.05) is 23.6 Å². The summed E-state index contributed by atoms with van der Waals surface area (Å²) in [6, 6.07) is 6.78. The molecule has 2 saturated heterocycles. The summed E-state index contributed by atoms with van der Waals surface area (Å²) in [6.07, 6.45) is 1.80. The Kier molecular flexibility index (Phi) is 6.37. The molecule has 11 heteroatoms. The van der Waals surface area contributed by atoms with E-state index in [2.05, 4.69) is 20.4 Å². The van der Waals surface area contributed by atoms with Gasteiger partial charge in [-0.3, -0.25) is 10.1 Å². The Bertz CT molecular complexity index is 950. The Balaban J connectivity index is 1.57. The van der Waals surface area contributed by atoms with Gasteiger partial charge in [-0.05, 0) is 42.7 Å². The van der Waals surface area contributed by atoms with E-state index >= 15 is 0 Å². The molecular weight excluding hydrogens is 433 g/mol. The summed E-state index contributed by atoms with van der Waals surface area (Å²) < 4.78 is 49.3. The average molecular weight is 454 g/mol. The number of nitrogens with two attached hydrogens (primary N) is 1. The van der Waals surface area contributed by atoms with Crippen LogP contribution in [0, 0.1) is 11.7 Å². The minimum atomic E-state index is -2.98. The summed E-state index contributed by atoms with van der Waals surface area (Å²) in [5.74, 6) is -0.262. The lowest BCUT2D eigenvalue weighted by Crippen LogP contribution is -2.63. The molecule has 3 atom stereocenters. The molecule has 7 nitrogen and oxygen atoms in total. The van der Waals surface area contributed by atoms with Gasteiger partial charge in [-0.25, -0.2) is 9.37 Å². The SMILES string of the molecule is NC1N[C@@]2(c3cc(NC(=O)c4ccc(OC(F)F)cn4)ccc3F)COCC[C@H]2CS1. The van der Waals surface area contributed by atoms with Crippen molar-refractivity contribution in [1.82, 2.24) is 10.3 Å². The number of amides is 1. The van der Waals surface area contributed by atoms with Gasteiger partial charge in [-0.15, -0.1) is 11.8 Å². The highest BCUT2D eigenvalue weighted by Crippen LogP contribution is 2.43. The van der Waals surface area contributed by atoms with Crippen LogP contribution >= 0.6 is 11.8 Å². The molecule has 4 N–H and O–H groups in total. The molecule has 1 unspecified atom stereocenters. The summed E-state index contributed by atoms with van der Waals surface area (Å²) in [5, 5.41) is 5.96. The zero-order chi connectivity index (χ0) is 22.0. The molecule has 4 rings (SSSR count). The normalized spacial score (nSPS) is 25.7. The first-order valence-electron chi connectivity index (χ1n) is 9.62. The van der Waals surface area contributed by atoms with Crippen molar-refractivity contribution in [3.63, 3.8) is 0 Å². The maximum absolute atomic E-state index is 14.9. The van der Waals surface area contributed by atoms with Crippen molar-refractivity contribution in [3.05, 3.63) is 53.6 Å². The molecule has 1 aromatic heterocycles. The molecule has 0 radical (unpaired) electrons. The van der Waals surface area contributed by atoms with Crippen molar-refractivity contribution in [3.8, 4) is 5.75 Å². The minimum Gasteiger partial charge on any atom is -0.433 e. The number of alkyl halides is 2. The molecule has 2 aliphatic rings. The Hall–Kier alpha value is -2.34. The topological polar surface area (TPSA) is 98.5 Å². The van der Waals surface area contributed by atoms with Gasteiger partial charge >= 0.3 is 6.61 Å². The Morgan fingerprint density at radius 3 is 2.97 bits per heavy atom. The average Bonchev–Trinajstić information content (AvgIpc) is 2.75. The molecule has 0 saturated carbocycles. The number of benzene rings is 1. The third kappa shape index (κ3) is 4.64. The monoisotopic (exact) mass is 454 g/mol. The number of nitrogens with zero attached hydrogens (tertiary/aromatic N) is 1. The summed E-state index contributed by atoms with van der Waals surface area (Å²) in [4.78, 5) is 16.4. The van der Waals surface area contributed by atoms with E-state index in [-0.39, 0.29) is 29.5 Å². The van der Waals surface area contributed by atoms with Crippen molar-refractivity contribution in [2.24, 2.45) is 11.7 Å². The number of fused-ring (bicyclic) bond motifs is 1. The van der Waals surface area contributed by atoms with Crippen LogP contribution in [0.3, 0.4) is 0 Å². The molecular formula is C20H21F3N4O3S. The van der Waals surface area contributed by atoms with Crippen LogP contribution < -0.4 is 21.1 Å². The van der Waals surface area contributed by atoms with E-state index in [1.165, 1.54) is 24.3 Å². The highest BCUT2D eigenvalue weighted by molar-refractivity contribution is 7.99. The lowest BCUT2D eigenvalue weighted by atomic mass is 9.76. The van der Waals surface area contributed by atoms with Gasteiger partial charge in [0.15, 0.2) is 0 Å². The van der Waals surface area contributed by atoms with Gasteiger partial charge in [0.05, 0.1) is 18.3 Å². The van der Waals surface area contributed by atoms with E-state index in [9.17, 15) is 18.0 Å². The fourth-order valence-corrected chi connectivity index (χ4v) is 5.11. The standard InChI is InChI=1S/C20H21F3N4O3S/c21-15-3-1-12(26-17(28)16-4-2-13(8-25-16)30-18(22)23)7-14(15)20-10-29-6-5-11(20)9-31-19(24)27-20/h1-4,7-8,11,18-19,27H,5-6,9-10,24H2,(H,26,28)/t11-,19?,20-/m0/s1. The van der Waals surface area contributed by atoms with Crippen molar-refractivity contribution in [2.75, 3.05) is 24.3 Å². The Morgan fingerprint density at radius 1 is 1.39 bits per heavy atom. The largest absolute Gasteiger partial charge is 0.433 e. The van der Waals surface area contributed by atoms with E-state index in [0.717, 1.165) is 18.4 Å². The maximum atomic E-state index is 14.9. The summed E-state index contributed by atoms with van der Waals surface area (Å²) in [5.41, 5.74) is 5.67. The lowest BCUT2D eigenvalue weighted by molar-refractivity contribution is -0.0500. The van der Waals surface area contributed by atoms with Crippen LogP contribution in [-0.4, -0.2) is 42.0 Å². The van der Waals surface area contributed by atoms with E-state index in [4.69, 9.17) is 10.5 Å². The third-order valence-corrected chi connectivity index (χ3v) is 6.48. The van der Waals surface area contributed by atoms with E-state index in [1.54, 1.807) is 17.8 Å². The zero-order valence-electron chi connectivity index (χ0n) is 16.3. The van der Waals surface area contributed by atoms with Gasteiger partial charge in [0.1, 0.15) is 22.8 Å². The Labute approximate surface area is 180 Å². The molecule has 0 spiro atoms. The minimum absolute atomic E-state index is 0.00116. The first-order valence-corrected chi connectivity index (χ1v) is 10.7. The predicted molar refractivity (Wildman–Crippen MR) is 109 cm³/mol. The number of aromatic nitrogens is 1. The fourth-order valence-electron chi connectivity index (χ4n) is 3.93. The van der Waals surface area contributed by atoms with Crippen LogP contribution in [0.2, 0.25) is 0 Å². The number of thioether (sulfide) groups is 1. The van der Waals surface area contributed by atoms with E-state index in [1.807, 2.05) is 0 Å². The highest BCUT2D eigenvalue weighted by Gasteiger charge is 2.48. The highest BCUT2D eigenvalue weighted by atomic mass is 32.2. The number of pyridine rings is 1. The number of hydrogen-bond acceptors (Lipinski definition) is 7. The number of carbonyl (C=O) groups is 1. The van der Waals surface area contributed by atoms with Crippen LogP contribution in [0.15, 0.2) is 36.5 Å². The molecule has 2 fully saturated rings. The summed E-state index contributed by atoms with van der Waals surface area (Å²) in [7, 11) is 0. The fraction of sp³-hybridized carbons (Fsp3) is 0.400. The molecule has 166 valence electrons. The number of nitrogens with one attached hydrogen (secondary N) is 2. The summed E-state index contributed by atoms with van der Waals surface area (Å²) >= 11 is 1.57. The lowest BCUT2D eigenvalue weighted by Gasteiger charge is -2.49. The molecule has 0 bridgehead atoms. The molecule has 3 heterocycles. The quantitative estimate of drug-likeness (QED) is 0.639. The van der Waals surface area contributed by atoms with Gasteiger partial charge in [-0.1, -0.05) is 0 Å². The molecule has 0 aliphatic carbocycles. The maximum Gasteiger partial charge on any atom is 0.387 e. The van der Waals surface area contributed by atoms with Gasteiger partial charge in [0.25, 0.3) is 5.91 Å². The smallest absolute Gasteiger partial charge is 0.387 e. The first kappa shape index (κ1) is 21.9. The van der Waals surface area contributed by atoms with Crippen molar-refractivity contribution in [1.29, 1.82) is 0 Å². The second kappa shape index (κ2) is 9.03. The van der Waals surface area contributed by atoms with Crippen molar-refractivity contribution in [2.45, 2.75) is 24.1 Å². The van der Waals surface area contributed by atoms with E-state index in [0.29, 0.717) is 17.9 Å². The van der Waals surface area contributed by atoms with Crippen LogP contribution in [0.25, 0.3) is 0 Å². The number of rotatable bonds is 5. The van der Waals surface area contributed by atoms with Crippen molar-refractivity contribution >= 4 is 23.4 Å². The summed E-state index contributed by atoms with van der Waals surface area (Å²) in [6.45, 7) is -2.11. The molecule has 2 aliphatic heterocycles.